The number of hydrogen-bond donors (Lipinski definition) is 1. The largest absolute Gasteiger partial charge is 0.493 e. The van der Waals surface area contributed by atoms with Crippen LogP contribution >= 0.6 is 12.4 Å². The summed E-state index contributed by atoms with van der Waals surface area (Å²) in [6, 6.07) is 6.08. The molecule has 150 valence electrons. The molecule has 0 amide bonds. The minimum absolute atomic E-state index is 0. The van der Waals surface area contributed by atoms with E-state index in [4.69, 9.17) is 9.47 Å². The van der Waals surface area contributed by atoms with Crippen LogP contribution in [0, 0.1) is 0 Å². The van der Waals surface area contributed by atoms with Crippen LogP contribution in [0.4, 0.5) is 5.82 Å². The first-order valence-corrected chi connectivity index (χ1v) is 9.51. The van der Waals surface area contributed by atoms with Crippen LogP contribution in [0.1, 0.15) is 38.2 Å². The first-order chi connectivity index (χ1) is 13.3. The lowest BCUT2D eigenvalue weighted by Gasteiger charge is -2.18. The molecule has 1 N–H and O–H groups in total. The van der Waals surface area contributed by atoms with Crippen LogP contribution in [-0.2, 0) is 6.54 Å². The Bertz CT molecular complexity index is 879. The molecule has 28 heavy (non-hydrogen) atoms. The second-order valence-corrected chi connectivity index (χ2v) is 6.81. The Hall–Kier alpha value is -2.54. The fourth-order valence-corrected chi connectivity index (χ4v) is 3.59. The number of rotatable bonds is 7. The summed E-state index contributed by atoms with van der Waals surface area (Å²) < 4.78 is 13.7. The van der Waals surface area contributed by atoms with E-state index in [2.05, 4.69) is 26.3 Å². The predicted molar refractivity (Wildman–Crippen MR) is 111 cm³/mol. The molecule has 0 unspecified atom stereocenters. The predicted octanol–water partition coefficient (Wildman–Crippen LogP) is 4.01. The van der Waals surface area contributed by atoms with Gasteiger partial charge in [0.1, 0.15) is 6.33 Å². The van der Waals surface area contributed by atoms with Gasteiger partial charge < -0.3 is 19.4 Å². The number of halogens is 1. The topological polar surface area (TPSA) is 74.1 Å². The van der Waals surface area contributed by atoms with E-state index in [0.29, 0.717) is 6.54 Å². The fraction of sp³-hybridized carbons (Fsp3) is 0.450. The number of methoxy groups -OCH3 is 1. The van der Waals surface area contributed by atoms with Crippen LogP contribution in [0.3, 0.4) is 0 Å². The van der Waals surface area contributed by atoms with Crippen LogP contribution in [0.5, 0.6) is 11.5 Å². The summed E-state index contributed by atoms with van der Waals surface area (Å²) in [6.07, 6.45) is 8.36. The Labute approximate surface area is 171 Å². The van der Waals surface area contributed by atoms with Gasteiger partial charge in [0.15, 0.2) is 28.8 Å². The third-order valence-electron chi connectivity index (χ3n) is 4.92. The monoisotopic (exact) mass is 403 g/mol. The van der Waals surface area contributed by atoms with Gasteiger partial charge >= 0.3 is 0 Å². The molecule has 1 fully saturated rings. The average Bonchev–Trinajstić information content (AvgIpc) is 3.36. The highest BCUT2D eigenvalue weighted by atomic mass is 35.5. The zero-order valence-electron chi connectivity index (χ0n) is 16.2. The van der Waals surface area contributed by atoms with E-state index in [9.17, 15) is 0 Å². The molecule has 1 aromatic carbocycles. The summed E-state index contributed by atoms with van der Waals surface area (Å²) in [6.45, 7) is 3.47. The maximum atomic E-state index is 6.21. The highest BCUT2D eigenvalue weighted by molar-refractivity contribution is 5.85. The second-order valence-electron chi connectivity index (χ2n) is 6.81. The zero-order valence-corrected chi connectivity index (χ0v) is 17.0. The van der Waals surface area contributed by atoms with Gasteiger partial charge in [0.2, 0.25) is 0 Å². The number of anilines is 1. The van der Waals surface area contributed by atoms with Crippen LogP contribution in [0.2, 0.25) is 0 Å². The smallest absolute Gasteiger partial charge is 0.165 e. The van der Waals surface area contributed by atoms with Gasteiger partial charge in [-0.15, -0.1) is 12.4 Å². The van der Waals surface area contributed by atoms with Crippen molar-refractivity contribution in [1.29, 1.82) is 0 Å². The van der Waals surface area contributed by atoms with Crippen LogP contribution in [-0.4, -0.2) is 39.3 Å². The average molecular weight is 404 g/mol. The van der Waals surface area contributed by atoms with E-state index in [0.717, 1.165) is 53.8 Å². The molecular formula is C20H26ClN5O2. The molecule has 1 saturated carbocycles. The SMILES string of the molecule is CCNc1ncn(Cc2ccc(OC)c(OC3CCCC3)c2)c2ncnc1-2.Cl. The molecule has 0 bridgehead atoms. The van der Waals surface area contributed by atoms with Gasteiger partial charge in [0.05, 0.1) is 26.1 Å². The maximum absolute atomic E-state index is 6.21. The van der Waals surface area contributed by atoms with Crippen molar-refractivity contribution >= 4 is 18.2 Å². The van der Waals surface area contributed by atoms with Crippen molar-refractivity contribution in [2.75, 3.05) is 19.0 Å². The number of nitrogens with zero attached hydrogens (tertiary/aromatic N) is 4. The number of ether oxygens (including phenoxy) is 2. The van der Waals surface area contributed by atoms with Crippen molar-refractivity contribution in [2.45, 2.75) is 45.3 Å². The van der Waals surface area contributed by atoms with Crippen LogP contribution in [0.15, 0.2) is 30.9 Å². The standard InChI is InChI=1S/C20H25N5O2.ClH/c1-3-21-19-18-20(23-12-22-18)25(13-24-19)11-14-8-9-16(26-2)17(10-14)27-15-6-4-5-7-15;/h8-10,12-13,15,21H,3-7,11H2,1-2H3;1H. The molecule has 7 nitrogen and oxygen atoms in total. The molecule has 0 saturated heterocycles. The van der Waals surface area contributed by atoms with Gasteiger partial charge in [-0.25, -0.2) is 15.0 Å². The van der Waals surface area contributed by atoms with Gasteiger partial charge in [-0.1, -0.05) is 6.07 Å². The van der Waals surface area contributed by atoms with E-state index < -0.39 is 0 Å². The number of hydrogen-bond acceptors (Lipinski definition) is 6. The molecule has 0 atom stereocenters. The summed E-state index contributed by atoms with van der Waals surface area (Å²) in [5.41, 5.74) is 1.89. The van der Waals surface area contributed by atoms with E-state index in [1.54, 1.807) is 19.8 Å². The summed E-state index contributed by atoms with van der Waals surface area (Å²) in [4.78, 5) is 13.3. The zero-order chi connectivity index (χ0) is 18.6. The number of aromatic nitrogens is 4. The lowest BCUT2D eigenvalue weighted by atomic mass is 10.2. The van der Waals surface area contributed by atoms with Crippen LogP contribution in [0.25, 0.3) is 11.5 Å². The van der Waals surface area contributed by atoms with Crippen molar-refractivity contribution < 1.29 is 9.47 Å². The lowest BCUT2D eigenvalue weighted by molar-refractivity contribution is 0.200. The van der Waals surface area contributed by atoms with Gasteiger partial charge in [0, 0.05) is 6.54 Å². The quantitative estimate of drug-likeness (QED) is 0.642. The number of imidazole rings is 1. The minimum atomic E-state index is 0. The minimum Gasteiger partial charge on any atom is -0.493 e. The molecule has 0 radical (unpaired) electrons. The Balaban J connectivity index is 0.00000225. The molecule has 8 heteroatoms. The highest BCUT2D eigenvalue weighted by Crippen LogP contribution is 2.33. The van der Waals surface area contributed by atoms with E-state index in [1.807, 2.05) is 23.6 Å². The van der Waals surface area contributed by atoms with Gasteiger partial charge in [-0.05, 0) is 50.3 Å². The number of benzene rings is 1. The lowest BCUT2D eigenvalue weighted by Crippen LogP contribution is -2.13. The van der Waals surface area contributed by atoms with Crippen molar-refractivity contribution in [1.82, 2.24) is 19.5 Å². The molecule has 2 aliphatic heterocycles. The third kappa shape index (κ3) is 4.14. The van der Waals surface area contributed by atoms with Crippen molar-refractivity contribution in [3.8, 4) is 23.0 Å². The van der Waals surface area contributed by atoms with E-state index >= 15 is 0 Å². The molecule has 1 aromatic rings. The van der Waals surface area contributed by atoms with Gasteiger partial charge in [-0.2, -0.15) is 0 Å². The molecule has 2 heterocycles. The van der Waals surface area contributed by atoms with Gasteiger partial charge in [0.25, 0.3) is 0 Å². The molecule has 0 spiro atoms. The Morgan fingerprint density at radius 1 is 1.14 bits per heavy atom. The Kier molecular flexibility index (Phi) is 6.57. The van der Waals surface area contributed by atoms with Gasteiger partial charge in [-0.3, -0.25) is 0 Å². The van der Waals surface area contributed by atoms with E-state index in [1.165, 1.54) is 12.8 Å². The molecule has 0 aromatic heterocycles. The summed E-state index contributed by atoms with van der Waals surface area (Å²) in [5, 5.41) is 3.23. The fourth-order valence-electron chi connectivity index (χ4n) is 3.59. The Morgan fingerprint density at radius 2 is 1.96 bits per heavy atom. The van der Waals surface area contributed by atoms with E-state index in [-0.39, 0.29) is 18.5 Å². The summed E-state index contributed by atoms with van der Waals surface area (Å²) in [5.74, 6) is 3.16. The van der Waals surface area contributed by atoms with Crippen molar-refractivity contribution in [3.63, 3.8) is 0 Å². The first-order valence-electron chi connectivity index (χ1n) is 9.51. The molecule has 4 rings (SSSR count). The first kappa shape index (κ1) is 20.2. The summed E-state index contributed by atoms with van der Waals surface area (Å²) in [7, 11) is 1.68. The molecule has 3 aliphatic rings. The maximum Gasteiger partial charge on any atom is 0.165 e. The molecule has 1 aliphatic carbocycles. The second kappa shape index (κ2) is 9.10. The third-order valence-corrected chi connectivity index (χ3v) is 4.92. The van der Waals surface area contributed by atoms with Crippen LogP contribution < -0.4 is 14.8 Å². The summed E-state index contributed by atoms with van der Waals surface area (Å²) >= 11 is 0. The number of fused-ring (bicyclic) bond motifs is 1. The normalized spacial score (nSPS) is 14.1. The van der Waals surface area contributed by atoms with Crippen molar-refractivity contribution in [2.24, 2.45) is 0 Å². The van der Waals surface area contributed by atoms with Crippen molar-refractivity contribution in [3.05, 3.63) is 36.4 Å². The number of nitrogens with one attached hydrogen (secondary N) is 1. The molecular weight excluding hydrogens is 378 g/mol. The Morgan fingerprint density at radius 3 is 2.71 bits per heavy atom. The highest BCUT2D eigenvalue weighted by Gasteiger charge is 2.20.